The van der Waals surface area contributed by atoms with Crippen molar-refractivity contribution in [1.82, 2.24) is 15.3 Å². The van der Waals surface area contributed by atoms with Crippen LogP contribution in [0.5, 0.6) is 0 Å². The van der Waals surface area contributed by atoms with E-state index in [9.17, 15) is 4.79 Å². The summed E-state index contributed by atoms with van der Waals surface area (Å²) in [6.45, 7) is 9.07. The van der Waals surface area contributed by atoms with Gasteiger partial charge in [-0.25, -0.2) is 4.98 Å². The molecule has 0 spiro atoms. The Morgan fingerprint density at radius 2 is 1.86 bits per heavy atom. The molecule has 0 bridgehead atoms. The Morgan fingerprint density at radius 1 is 1.18 bits per heavy atom. The largest absolute Gasteiger partial charge is 0.350 e. The summed E-state index contributed by atoms with van der Waals surface area (Å²) in [5.41, 5.74) is 1.78. The SMILES string of the molecule is CC(C)c1ncc(C(=O)NCC(c2ccccc2)C(C)C)[nH]1. The second-order valence-electron chi connectivity index (χ2n) is 6.31. The molecule has 1 unspecified atom stereocenters. The van der Waals surface area contributed by atoms with Gasteiger partial charge in [0.15, 0.2) is 0 Å². The number of aromatic nitrogens is 2. The summed E-state index contributed by atoms with van der Waals surface area (Å²) in [4.78, 5) is 19.6. The van der Waals surface area contributed by atoms with Gasteiger partial charge in [-0.2, -0.15) is 0 Å². The predicted molar refractivity (Wildman–Crippen MR) is 89.0 cm³/mol. The monoisotopic (exact) mass is 299 g/mol. The van der Waals surface area contributed by atoms with E-state index in [1.165, 1.54) is 5.56 Å². The fraction of sp³-hybridized carbons (Fsp3) is 0.444. The maximum atomic E-state index is 12.3. The summed E-state index contributed by atoms with van der Waals surface area (Å²) in [7, 11) is 0. The van der Waals surface area contributed by atoms with Crippen LogP contribution in [0, 0.1) is 5.92 Å². The molecule has 1 amide bonds. The molecule has 2 N–H and O–H groups in total. The van der Waals surface area contributed by atoms with Crippen LogP contribution in [0.1, 0.15) is 61.4 Å². The smallest absolute Gasteiger partial charge is 0.269 e. The summed E-state index contributed by atoms with van der Waals surface area (Å²) in [6, 6.07) is 10.3. The van der Waals surface area contributed by atoms with Crippen molar-refractivity contribution in [1.29, 1.82) is 0 Å². The van der Waals surface area contributed by atoms with Crippen molar-refractivity contribution in [2.45, 2.75) is 39.5 Å². The van der Waals surface area contributed by atoms with Crippen LogP contribution in [-0.4, -0.2) is 22.4 Å². The Kier molecular flexibility index (Phi) is 5.36. The van der Waals surface area contributed by atoms with Gasteiger partial charge in [0.05, 0.1) is 6.20 Å². The minimum absolute atomic E-state index is 0.0963. The van der Waals surface area contributed by atoms with Crippen LogP contribution in [0.25, 0.3) is 0 Å². The normalized spacial score (nSPS) is 12.6. The second-order valence-corrected chi connectivity index (χ2v) is 6.31. The molecule has 1 atom stereocenters. The first-order valence-corrected chi connectivity index (χ1v) is 7.87. The van der Waals surface area contributed by atoms with E-state index in [-0.39, 0.29) is 11.8 Å². The summed E-state index contributed by atoms with van der Waals surface area (Å²) >= 11 is 0. The minimum Gasteiger partial charge on any atom is -0.350 e. The van der Waals surface area contributed by atoms with Gasteiger partial charge in [-0.15, -0.1) is 0 Å². The van der Waals surface area contributed by atoms with Crippen LogP contribution in [0.3, 0.4) is 0 Å². The molecule has 0 saturated heterocycles. The molecule has 0 aliphatic rings. The van der Waals surface area contributed by atoms with Gasteiger partial charge in [0.1, 0.15) is 11.5 Å². The number of hydrogen-bond acceptors (Lipinski definition) is 2. The molecule has 2 aromatic rings. The Balaban J connectivity index is 2.01. The van der Waals surface area contributed by atoms with Gasteiger partial charge in [0.25, 0.3) is 5.91 Å². The Hall–Kier alpha value is -2.10. The van der Waals surface area contributed by atoms with Crippen molar-refractivity contribution in [3.05, 3.63) is 53.6 Å². The number of carbonyl (C=O) groups is 1. The zero-order valence-corrected chi connectivity index (χ0v) is 13.8. The van der Waals surface area contributed by atoms with Gasteiger partial charge >= 0.3 is 0 Å². The third-order valence-corrected chi connectivity index (χ3v) is 3.90. The van der Waals surface area contributed by atoms with E-state index < -0.39 is 0 Å². The van der Waals surface area contributed by atoms with Crippen LogP contribution >= 0.6 is 0 Å². The van der Waals surface area contributed by atoms with Crippen molar-refractivity contribution in [3.63, 3.8) is 0 Å². The molecule has 2 rings (SSSR count). The number of rotatable bonds is 6. The quantitative estimate of drug-likeness (QED) is 0.854. The van der Waals surface area contributed by atoms with Crippen molar-refractivity contribution in [2.75, 3.05) is 6.54 Å². The number of aromatic amines is 1. The van der Waals surface area contributed by atoms with Crippen molar-refractivity contribution < 1.29 is 4.79 Å². The van der Waals surface area contributed by atoms with E-state index in [4.69, 9.17) is 0 Å². The first-order valence-electron chi connectivity index (χ1n) is 7.87. The average Bonchev–Trinajstić information content (AvgIpc) is 2.98. The zero-order valence-electron chi connectivity index (χ0n) is 13.8. The number of carbonyl (C=O) groups excluding carboxylic acids is 1. The number of imidazole rings is 1. The van der Waals surface area contributed by atoms with E-state index in [1.54, 1.807) is 6.20 Å². The molecule has 118 valence electrons. The maximum absolute atomic E-state index is 12.3. The lowest BCUT2D eigenvalue weighted by Gasteiger charge is -2.21. The zero-order chi connectivity index (χ0) is 16.1. The van der Waals surface area contributed by atoms with Crippen LogP contribution in [0.2, 0.25) is 0 Å². The first kappa shape index (κ1) is 16.3. The number of H-pyrrole nitrogens is 1. The highest BCUT2D eigenvalue weighted by Crippen LogP contribution is 2.23. The molecule has 4 nitrogen and oxygen atoms in total. The van der Waals surface area contributed by atoms with E-state index in [0.29, 0.717) is 24.1 Å². The van der Waals surface area contributed by atoms with E-state index in [1.807, 2.05) is 32.0 Å². The molecule has 0 aliphatic heterocycles. The minimum atomic E-state index is -0.0963. The van der Waals surface area contributed by atoms with Gasteiger partial charge in [-0.05, 0) is 11.5 Å². The topological polar surface area (TPSA) is 57.8 Å². The summed E-state index contributed by atoms with van der Waals surface area (Å²) in [5.74, 6) is 1.79. The average molecular weight is 299 g/mol. The molecular formula is C18H25N3O. The molecule has 1 heterocycles. The van der Waals surface area contributed by atoms with Crippen LogP contribution < -0.4 is 5.32 Å². The summed E-state index contributed by atoms with van der Waals surface area (Å²) in [5, 5.41) is 3.02. The van der Waals surface area contributed by atoms with Crippen molar-refractivity contribution in [3.8, 4) is 0 Å². The van der Waals surface area contributed by atoms with E-state index >= 15 is 0 Å². The Bertz CT molecular complexity index is 602. The Labute approximate surface area is 132 Å². The standard InChI is InChI=1S/C18H25N3O/c1-12(2)15(14-8-6-5-7-9-14)10-20-18(22)16-11-19-17(21-16)13(3)4/h5-9,11-13,15H,10H2,1-4H3,(H,19,21)(H,20,22). The fourth-order valence-electron chi connectivity index (χ4n) is 2.48. The van der Waals surface area contributed by atoms with Crippen LogP contribution in [0.4, 0.5) is 0 Å². The number of nitrogens with zero attached hydrogens (tertiary/aromatic N) is 1. The highest BCUT2D eigenvalue weighted by molar-refractivity contribution is 5.92. The van der Waals surface area contributed by atoms with Gasteiger partial charge < -0.3 is 10.3 Å². The molecule has 0 saturated carbocycles. The maximum Gasteiger partial charge on any atom is 0.269 e. The molecule has 1 aromatic heterocycles. The fourth-order valence-corrected chi connectivity index (χ4v) is 2.48. The van der Waals surface area contributed by atoms with Crippen LogP contribution in [-0.2, 0) is 0 Å². The van der Waals surface area contributed by atoms with Crippen molar-refractivity contribution >= 4 is 5.91 Å². The summed E-state index contributed by atoms with van der Waals surface area (Å²) in [6.07, 6.45) is 1.61. The van der Waals surface area contributed by atoms with E-state index in [0.717, 1.165) is 5.82 Å². The number of hydrogen-bond donors (Lipinski definition) is 2. The van der Waals surface area contributed by atoms with E-state index in [2.05, 4.69) is 41.3 Å². The van der Waals surface area contributed by atoms with Crippen LogP contribution in [0.15, 0.2) is 36.5 Å². The third kappa shape index (κ3) is 3.97. The summed E-state index contributed by atoms with van der Waals surface area (Å²) < 4.78 is 0. The third-order valence-electron chi connectivity index (χ3n) is 3.90. The van der Waals surface area contributed by atoms with Gasteiger partial charge in [0, 0.05) is 18.4 Å². The van der Waals surface area contributed by atoms with Crippen molar-refractivity contribution in [2.24, 2.45) is 5.92 Å². The second kappa shape index (κ2) is 7.25. The predicted octanol–water partition coefficient (Wildman–Crippen LogP) is 3.70. The lowest BCUT2D eigenvalue weighted by atomic mass is 9.88. The van der Waals surface area contributed by atoms with Gasteiger partial charge in [-0.1, -0.05) is 58.0 Å². The lowest BCUT2D eigenvalue weighted by Crippen LogP contribution is -2.30. The molecule has 22 heavy (non-hydrogen) atoms. The first-order chi connectivity index (χ1) is 10.5. The number of amides is 1. The Morgan fingerprint density at radius 3 is 2.41 bits per heavy atom. The number of nitrogens with one attached hydrogen (secondary N) is 2. The molecule has 4 heteroatoms. The van der Waals surface area contributed by atoms with Gasteiger partial charge in [-0.3, -0.25) is 4.79 Å². The molecule has 1 aromatic carbocycles. The number of benzene rings is 1. The molecule has 0 radical (unpaired) electrons. The highest BCUT2D eigenvalue weighted by Gasteiger charge is 2.18. The molecule has 0 aliphatic carbocycles. The molecular weight excluding hydrogens is 274 g/mol. The highest BCUT2D eigenvalue weighted by atomic mass is 16.1. The molecule has 0 fully saturated rings. The van der Waals surface area contributed by atoms with Gasteiger partial charge in [0.2, 0.25) is 0 Å². The lowest BCUT2D eigenvalue weighted by molar-refractivity contribution is 0.0944.